The summed E-state index contributed by atoms with van der Waals surface area (Å²) in [5, 5.41) is 0. The zero-order valence-corrected chi connectivity index (χ0v) is 42.6. The largest absolute Gasteiger partial charge is 0.226 e. The first-order valence-electron chi connectivity index (χ1n) is 11.6. The van der Waals surface area contributed by atoms with Gasteiger partial charge in [-0.05, 0) is 47.2 Å². The fourth-order valence-corrected chi connectivity index (χ4v) is 10.4. The molecule has 0 aliphatic heterocycles. The van der Waals surface area contributed by atoms with Crippen molar-refractivity contribution in [2.45, 2.75) is 69.6 Å². The van der Waals surface area contributed by atoms with E-state index in [9.17, 15) is 0 Å². The van der Waals surface area contributed by atoms with E-state index in [0.717, 1.165) is 12.1 Å². The molecular formula is C22H10Cl27. The number of alkyl halides is 27. The normalized spacial score (nSPS) is 16.0. The summed E-state index contributed by atoms with van der Waals surface area (Å²) >= 11 is 174. The van der Waals surface area contributed by atoms with Crippen LogP contribution in [-0.4, -0.2) is 37.4 Å². The van der Waals surface area contributed by atoms with Crippen LogP contribution in [0.4, 0.5) is 0 Å². The number of rotatable bonds is 12. The molecule has 0 fully saturated rings. The van der Waals surface area contributed by atoms with Crippen LogP contribution in [0.25, 0.3) is 0 Å². The quantitative estimate of drug-likeness (QED) is 0.183. The van der Waals surface area contributed by atoms with Crippen molar-refractivity contribution < 1.29 is 0 Å². The maximum absolute atomic E-state index is 6.93. The summed E-state index contributed by atoms with van der Waals surface area (Å²) < 4.78 is -34.0. The van der Waals surface area contributed by atoms with Crippen molar-refractivity contribution in [2.24, 2.45) is 0 Å². The molecule has 0 N–H and O–H groups in total. The zero-order chi connectivity index (χ0) is 39.8. The minimum absolute atomic E-state index is 0.121. The first-order valence-corrected chi connectivity index (χ1v) is 21.8. The van der Waals surface area contributed by atoms with Gasteiger partial charge in [0.15, 0.2) is 26.0 Å². The van der Waals surface area contributed by atoms with E-state index in [-0.39, 0.29) is 24.8 Å². The summed E-state index contributed by atoms with van der Waals surface area (Å²) in [6.45, 7) is 3.79. The van der Waals surface area contributed by atoms with Crippen LogP contribution in [0.5, 0.6) is 0 Å². The molecule has 1 aromatic carbocycles. The van der Waals surface area contributed by atoms with Crippen molar-refractivity contribution >= 4 is 313 Å². The predicted molar refractivity (Wildman–Crippen MR) is 232 cm³/mol. The number of hydrogen-bond donors (Lipinski definition) is 0. The first-order chi connectivity index (χ1) is 21.0. The Morgan fingerprint density at radius 2 is 0.612 bits per heavy atom. The predicted octanol–water partition coefficient (Wildman–Crippen LogP) is 18.9. The fraction of sp³-hybridized carbons (Fsp3) is 0.682. The number of hydrogen-bond acceptors (Lipinski definition) is 0. The molecule has 0 aliphatic rings. The van der Waals surface area contributed by atoms with Crippen LogP contribution in [0.1, 0.15) is 35.1 Å². The summed E-state index contributed by atoms with van der Waals surface area (Å²) in [4.78, 5) is 0. The molecule has 0 nitrogen and oxygen atoms in total. The van der Waals surface area contributed by atoms with Gasteiger partial charge in [0, 0.05) is 0 Å². The van der Waals surface area contributed by atoms with Gasteiger partial charge >= 0.3 is 0 Å². The average Bonchev–Trinajstić information content (AvgIpc) is 2.88. The second kappa shape index (κ2) is 17.4. The Morgan fingerprint density at radius 3 is 0.837 bits per heavy atom. The highest BCUT2D eigenvalue weighted by atomic mass is 35.6. The van der Waals surface area contributed by atoms with Crippen LogP contribution >= 0.6 is 313 Å². The highest BCUT2D eigenvalue weighted by Crippen LogP contribution is 2.70. The summed E-state index contributed by atoms with van der Waals surface area (Å²) in [5.74, 6) is 0. The monoisotopic (exact) mass is 1220 g/mol. The molecule has 49 heavy (non-hydrogen) atoms. The Kier molecular flexibility index (Phi) is 19.2. The Morgan fingerprint density at radius 1 is 0.367 bits per heavy atom. The third-order valence-corrected chi connectivity index (χ3v) is 22.8. The second-order valence-corrected chi connectivity index (χ2v) is 28.5. The lowest BCUT2D eigenvalue weighted by Crippen LogP contribution is -2.57. The third kappa shape index (κ3) is 9.75. The lowest BCUT2D eigenvalue weighted by molar-refractivity contribution is 0.571. The number of benzene rings is 1. The minimum atomic E-state index is -2.94. The lowest BCUT2D eigenvalue weighted by atomic mass is 9.86. The van der Waals surface area contributed by atoms with Crippen LogP contribution in [0, 0.1) is 6.92 Å². The van der Waals surface area contributed by atoms with E-state index in [1.54, 1.807) is 0 Å². The summed E-state index contributed by atoms with van der Waals surface area (Å²) in [6.07, 6.45) is 0.292. The number of halogens is 27. The SMILES string of the molecule is [CH2]CCCc1c(C(Cl)(Cl)C(Cl)(Cl)C(Cl)(Cl)C(Cl)(Cl)Cl)cc(C(Cl)(Cl)C(Cl)(Cl)C(Cl)(Cl)C(Cl)(Cl)Cl)cc1C(Cl)(Cl)C(Cl)(Cl)C(Cl)(Cl)C(Cl)(Cl)Cl. The second-order valence-electron chi connectivity index (χ2n) is 9.67. The van der Waals surface area contributed by atoms with Crippen LogP contribution in [0.2, 0.25) is 0 Å². The van der Waals surface area contributed by atoms with Crippen LogP contribution in [0.3, 0.4) is 0 Å². The van der Waals surface area contributed by atoms with Gasteiger partial charge < -0.3 is 0 Å². The van der Waals surface area contributed by atoms with Gasteiger partial charge in [0.1, 0.15) is 0 Å². The van der Waals surface area contributed by atoms with E-state index in [1.807, 2.05) is 0 Å². The van der Waals surface area contributed by atoms with Gasteiger partial charge in [0.2, 0.25) is 24.4 Å². The molecule has 27 heteroatoms. The van der Waals surface area contributed by atoms with Crippen molar-refractivity contribution in [1.82, 2.24) is 0 Å². The van der Waals surface area contributed by atoms with E-state index in [1.165, 1.54) is 0 Å². The Bertz CT molecular complexity index is 1270. The molecule has 0 aliphatic carbocycles. The zero-order valence-electron chi connectivity index (χ0n) is 22.2. The maximum Gasteiger partial charge on any atom is 0.226 e. The third-order valence-electron chi connectivity index (χ3n) is 6.40. The molecule has 0 saturated carbocycles. The van der Waals surface area contributed by atoms with Gasteiger partial charge in [-0.15, -0.1) is 0 Å². The molecular weight excluding hydrogens is 1220 g/mol. The molecule has 0 atom stereocenters. The molecule has 0 saturated heterocycles. The molecule has 0 spiro atoms. The summed E-state index contributed by atoms with van der Waals surface area (Å²) in [7, 11) is 0. The molecule has 1 rings (SSSR count). The highest BCUT2D eigenvalue weighted by molar-refractivity contribution is 6.82. The van der Waals surface area contributed by atoms with Crippen LogP contribution in [0.15, 0.2) is 12.1 Å². The van der Waals surface area contributed by atoms with Gasteiger partial charge in [0.25, 0.3) is 0 Å². The van der Waals surface area contributed by atoms with Gasteiger partial charge in [-0.2, -0.15) is 0 Å². The van der Waals surface area contributed by atoms with Gasteiger partial charge in [-0.25, -0.2) is 0 Å². The molecule has 0 bridgehead atoms. The maximum atomic E-state index is 6.93. The Balaban J connectivity index is 4.77. The minimum Gasteiger partial charge on any atom is -0.0943 e. The highest BCUT2D eigenvalue weighted by Gasteiger charge is 2.73. The van der Waals surface area contributed by atoms with Gasteiger partial charge in [0.05, 0.1) is 0 Å². The van der Waals surface area contributed by atoms with Crippen molar-refractivity contribution in [3.8, 4) is 0 Å². The van der Waals surface area contributed by atoms with Crippen molar-refractivity contribution in [1.29, 1.82) is 0 Å². The van der Waals surface area contributed by atoms with Gasteiger partial charge in [-0.1, -0.05) is 327 Å². The standard InChI is InChI=1S/C22H10Cl27/c1-2-3-4-8-9(12(25,26)15(31,32)18(37,38)21(44,45)46)5-7(11(23,24)14(29,30)17(35,36)20(41,42)43)6-10(8)13(27,28)16(33,34)19(39,40)22(47,48)49/h5-6H,1-4H2. The summed E-state index contributed by atoms with van der Waals surface area (Å²) in [5.41, 5.74) is -1.57. The number of unbranched alkanes of at least 4 members (excludes halogenated alkanes) is 1. The molecule has 1 radical (unpaired) electrons. The molecule has 1 aromatic rings. The van der Waals surface area contributed by atoms with E-state index >= 15 is 0 Å². The summed E-state index contributed by atoms with van der Waals surface area (Å²) in [6, 6.07) is 2.01. The average molecular weight is 1230 g/mol. The Labute approximate surface area is 417 Å². The molecule has 0 unspecified atom stereocenters. The van der Waals surface area contributed by atoms with E-state index < -0.39 is 67.1 Å². The topological polar surface area (TPSA) is 0 Å². The van der Waals surface area contributed by atoms with Crippen LogP contribution in [-0.2, 0) is 19.4 Å². The van der Waals surface area contributed by atoms with E-state index in [2.05, 4.69) is 6.92 Å². The first kappa shape index (κ1) is 54.1. The van der Waals surface area contributed by atoms with Crippen molar-refractivity contribution in [3.63, 3.8) is 0 Å². The van der Waals surface area contributed by atoms with E-state index in [4.69, 9.17) is 313 Å². The van der Waals surface area contributed by atoms with Gasteiger partial charge in [-0.3, -0.25) is 0 Å². The Hall–Kier alpha value is 7.05. The molecule has 0 heterocycles. The van der Waals surface area contributed by atoms with E-state index in [0.29, 0.717) is 0 Å². The van der Waals surface area contributed by atoms with Crippen molar-refractivity contribution in [3.05, 3.63) is 41.3 Å². The molecule has 287 valence electrons. The smallest absolute Gasteiger partial charge is 0.0943 e. The lowest BCUT2D eigenvalue weighted by Gasteiger charge is -2.48. The fourth-order valence-electron chi connectivity index (χ4n) is 3.63. The molecule has 0 amide bonds. The molecule has 0 aromatic heterocycles. The van der Waals surface area contributed by atoms with Crippen molar-refractivity contribution in [2.75, 3.05) is 0 Å². The van der Waals surface area contributed by atoms with Crippen LogP contribution < -0.4 is 0 Å².